The maximum absolute atomic E-state index is 12.9. The maximum atomic E-state index is 12.9. The Bertz CT molecular complexity index is 1090. The molecule has 3 heterocycles. The van der Waals surface area contributed by atoms with Gasteiger partial charge in [-0.15, -0.1) is 0 Å². The molecule has 178 valence electrons. The maximum Gasteiger partial charge on any atom is 0.421 e. The van der Waals surface area contributed by atoms with Crippen LogP contribution in [0.5, 0.6) is 0 Å². The van der Waals surface area contributed by atoms with Gasteiger partial charge in [0.2, 0.25) is 5.95 Å². The predicted molar refractivity (Wildman–Crippen MR) is 102 cm³/mol. The van der Waals surface area contributed by atoms with Gasteiger partial charge in [-0.25, -0.2) is 15.4 Å². The van der Waals surface area contributed by atoms with Crippen LogP contribution in [0.1, 0.15) is 36.1 Å². The number of halogens is 6. The summed E-state index contributed by atoms with van der Waals surface area (Å²) in [7, 11) is 0. The number of carbonyl (C=O) groups excluding carboxylic acids is 1. The molecule has 0 radical (unpaired) electrons. The quantitative estimate of drug-likeness (QED) is 0.507. The second kappa shape index (κ2) is 9.21. The summed E-state index contributed by atoms with van der Waals surface area (Å²) >= 11 is 0. The van der Waals surface area contributed by atoms with Crippen LogP contribution in [0, 0.1) is 0 Å². The molecule has 0 bridgehead atoms. The Morgan fingerprint density at radius 2 is 1.85 bits per heavy atom. The average molecular weight is 477 g/mol. The number of alkyl halides is 6. The predicted octanol–water partition coefficient (Wildman–Crippen LogP) is 3.15. The summed E-state index contributed by atoms with van der Waals surface area (Å²) in [6.07, 6.45) is -6.30. The highest BCUT2D eigenvalue weighted by Gasteiger charge is 2.35. The van der Waals surface area contributed by atoms with Gasteiger partial charge in [-0.05, 0) is 19.4 Å². The van der Waals surface area contributed by atoms with Crippen molar-refractivity contribution < 1.29 is 36.0 Å². The zero-order valence-electron chi connectivity index (χ0n) is 16.9. The van der Waals surface area contributed by atoms with Crippen molar-refractivity contribution >= 4 is 11.9 Å². The molecule has 8 nitrogen and oxygen atoms in total. The van der Waals surface area contributed by atoms with Crippen LogP contribution in [0.2, 0.25) is 0 Å². The lowest BCUT2D eigenvalue weighted by molar-refractivity contribution is -0.139. The van der Waals surface area contributed by atoms with Gasteiger partial charge in [-0.3, -0.25) is 14.4 Å². The van der Waals surface area contributed by atoms with Crippen LogP contribution in [0.3, 0.4) is 0 Å². The summed E-state index contributed by atoms with van der Waals surface area (Å²) in [6.45, 7) is 1.78. The zero-order valence-corrected chi connectivity index (χ0v) is 16.9. The molecule has 0 aromatic carbocycles. The molecule has 0 aliphatic carbocycles. The Balaban J connectivity index is 1.57. The van der Waals surface area contributed by atoms with Crippen molar-refractivity contribution in [3.8, 4) is 0 Å². The number of nitrogens with zero attached hydrogens (tertiary/aromatic N) is 3. The Morgan fingerprint density at radius 1 is 1.18 bits per heavy atom. The first-order valence-electron chi connectivity index (χ1n) is 9.45. The van der Waals surface area contributed by atoms with E-state index in [9.17, 15) is 35.9 Å². The van der Waals surface area contributed by atoms with Crippen molar-refractivity contribution in [1.82, 2.24) is 20.4 Å². The second-order valence-corrected chi connectivity index (χ2v) is 7.06. The van der Waals surface area contributed by atoms with E-state index in [4.69, 9.17) is 4.84 Å². The molecule has 2 aromatic heterocycles. The normalized spacial score (nSPS) is 15.7. The summed E-state index contributed by atoms with van der Waals surface area (Å²) in [5, 5.41) is 0. The van der Waals surface area contributed by atoms with E-state index in [1.54, 1.807) is 4.90 Å². The highest BCUT2D eigenvalue weighted by Crippen LogP contribution is 2.29. The molecule has 0 fully saturated rings. The number of aromatic nitrogens is 3. The Kier molecular flexibility index (Phi) is 6.76. The molecular weight excluding hydrogens is 460 g/mol. The van der Waals surface area contributed by atoms with Crippen molar-refractivity contribution in [3.63, 3.8) is 0 Å². The highest BCUT2D eigenvalue weighted by molar-refractivity contribution is 5.93. The first-order valence-corrected chi connectivity index (χ1v) is 9.45. The van der Waals surface area contributed by atoms with Crippen LogP contribution >= 0.6 is 0 Å². The third-order valence-corrected chi connectivity index (χ3v) is 4.78. The summed E-state index contributed by atoms with van der Waals surface area (Å²) in [5.74, 6) is -0.558. The van der Waals surface area contributed by atoms with Gasteiger partial charge < -0.3 is 9.88 Å². The molecule has 0 saturated carbocycles. The van der Waals surface area contributed by atoms with Gasteiger partial charge in [0.1, 0.15) is 11.7 Å². The summed E-state index contributed by atoms with van der Waals surface area (Å²) in [5.41, 5.74) is -1.21. The molecular formula is C19H17F6N5O3. The Hall–Kier alpha value is -3.42. The summed E-state index contributed by atoms with van der Waals surface area (Å²) in [6, 6.07) is 0.636. The van der Waals surface area contributed by atoms with E-state index in [0.29, 0.717) is 24.0 Å². The van der Waals surface area contributed by atoms with Crippen molar-refractivity contribution in [2.24, 2.45) is 0 Å². The van der Waals surface area contributed by atoms with E-state index in [1.165, 1.54) is 13.0 Å². The number of carbonyl (C=O) groups is 1. The number of aromatic amines is 1. The van der Waals surface area contributed by atoms with Gasteiger partial charge in [0.15, 0.2) is 0 Å². The number of nitrogens with one attached hydrogen (secondary N) is 2. The van der Waals surface area contributed by atoms with Gasteiger partial charge in [0, 0.05) is 42.8 Å². The van der Waals surface area contributed by atoms with Gasteiger partial charge in [-0.1, -0.05) is 6.08 Å². The van der Waals surface area contributed by atoms with E-state index in [1.807, 2.05) is 4.98 Å². The first-order chi connectivity index (χ1) is 15.4. The molecule has 1 amide bonds. The zero-order chi connectivity index (χ0) is 24.4. The number of hydrogen-bond acceptors (Lipinski definition) is 6. The molecule has 0 saturated heterocycles. The van der Waals surface area contributed by atoms with Gasteiger partial charge in [0.25, 0.3) is 11.5 Å². The van der Waals surface area contributed by atoms with Crippen LogP contribution in [-0.4, -0.2) is 33.9 Å². The fourth-order valence-corrected chi connectivity index (χ4v) is 2.91. The lowest BCUT2D eigenvalue weighted by Crippen LogP contribution is -2.35. The van der Waals surface area contributed by atoms with E-state index in [-0.39, 0.29) is 31.0 Å². The first kappa shape index (κ1) is 24.2. The van der Waals surface area contributed by atoms with Crippen LogP contribution in [-0.2, 0) is 22.0 Å². The minimum Gasteiger partial charge on any atom is -0.337 e. The second-order valence-electron chi connectivity index (χ2n) is 7.06. The summed E-state index contributed by atoms with van der Waals surface area (Å²) < 4.78 is 76.4. The van der Waals surface area contributed by atoms with Gasteiger partial charge in [-0.2, -0.15) is 26.3 Å². The molecule has 1 unspecified atom stereocenters. The fourth-order valence-electron chi connectivity index (χ4n) is 2.91. The lowest BCUT2D eigenvalue weighted by atomic mass is 10.1. The van der Waals surface area contributed by atoms with Crippen LogP contribution < -0.4 is 15.9 Å². The Labute approximate surface area is 182 Å². The summed E-state index contributed by atoms with van der Waals surface area (Å²) in [4.78, 5) is 39.7. The van der Waals surface area contributed by atoms with Crippen molar-refractivity contribution in [2.45, 2.75) is 31.8 Å². The van der Waals surface area contributed by atoms with Crippen LogP contribution in [0.25, 0.3) is 0 Å². The largest absolute Gasteiger partial charge is 0.421 e. The van der Waals surface area contributed by atoms with Gasteiger partial charge in [0.05, 0.1) is 5.56 Å². The molecule has 33 heavy (non-hydrogen) atoms. The van der Waals surface area contributed by atoms with Gasteiger partial charge >= 0.3 is 12.4 Å². The molecule has 1 aliphatic rings. The molecule has 3 rings (SSSR count). The molecule has 1 atom stereocenters. The monoisotopic (exact) mass is 477 g/mol. The lowest BCUT2D eigenvalue weighted by Gasteiger charge is -2.26. The molecule has 2 aromatic rings. The molecule has 14 heteroatoms. The number of H-pyrrole nitrogens is 1. The van der Waals surface area contributed by atoms with E-state index < -0.39 is 41.0 Å². The highest BCUT2D eigenvalue weighted by atomic mass is 19.4. The van der Waals surface area contributed by atoms with Crippen LogP contribution in [0.4, 0.5) is 32.3 Å². The minimum atomic E-state index is -4.85. The van der Waals surface area contributed by atoms with Crippen molar-refractivity contribution in [1.29, 1.82) is 0 Å². The molecule has 2 N–H and O–H groups in total. The number of hydrogen-bond donors (Lipinski definition) is 2. The van der Waals surface area contributed by atoms with Crippen LogP contribution in [0.15, 0.2) is 41.1 Å². The fraction of sp³-hybridized carbons (Fsp3) is 0.368. The SMILES string of the molecule is CC(ONC(=O)C1=CCN(c2ncc(C(F)(F)F)cn2)CC1)c1c[nH]c(=O)c(C(F)(F)F)c1. The van der Waals surface area contributed by atoms with E-state index in [0.717, 1.165) is 6.20 Å². The number of amides is 1. The minimum absolute atomic E-state index is 0.00882. The number of rotatable bonds is 5. The van der Waals surface area contributed by atoms with E-state index in [2.05, 4.69) is 15.4 Å². The average Bonchev–Trinajstić information content (AvgIpc) is 2.76. The van der Waals surface area contributed by atoms with Crippen molar-refractivity contribution in [2.75, 3.05) is 18.0 Å². The third kappa shape index (κ3) is 5.88. The Morgan fingerprint density at radius 3 is 2.39 bits per heavy atom. The van der Waals surface area contributed by atoms with Crippen molar-refractivity contribution in [3.05, 3.63) is 63.4 Å². The topological polar surface area (TPSA) is 100 Å². The standard InChI is InChI=1S/C19H17F6N5O3/c1-10(12-6-14(19(23,24)25)16(32)26-7-12)33-29-15(31)11-2-4-30(5-3-11)17-27-8-13(9-28-17)18(20,21)22/h2,6-10H,3-5H2,1H3,(H,26,32)(H,29,31). The smallest absolute Gasteiger partial charge is 0.337 e. The van der Waals surface area contributed by atoms with E-state index >= 15 is 0 Å². The number of hydroxylamine groups is 1. The molecule has 1 aliphatic heterocycles. The number of pyridine rings is 1. The molecule has 0 spiro atoms. The third-order valence-electron chi connectivity index (χ3n) is 4.78. The number of anilines is 1.